The van der Waals surface area contributed by atoms with E-state index in [0.29, 0.717) is 5.92 Å². The molecule has 0 bridgehead atoms. The van der Waals surface area contributed by atoms with Crippen LogP contribution in [0.2, 0.25) is 0 Å². The molecule has 0 fully saturated rings. The highest BCUT2D eigenvalue weighted by Gasteiger charge is 1.99. The van der Waals surface area contributed by atoms with E-state index in [0.717, 1.165) is 25.3 Å². The molecule has 1 aromatic heterocycles. The van der Waals surface area contributed by atoms with Crippen LogP contribution in [-0.4, -0.2) is 17.3 Å². The molecule has 1 N–H and O–H groups in total. The number of pyridine rings is 1. The van der Waals surface area contributed by atoms with Crippen molar-refractivity contribution in [3.05, 3.63) is 59.9 Å². The van der Waals surface area contributed by atoms with Gasteiger partial charge in [-0.15, -0.1) is 11.8 Å². The van der Waals surface area contributed by atoms with Crippen molar-refractivity contribution in [2.24, 2.45) is 5.92 Å². The number of nitrogens with zero attached hydrogens (tertiary/aromatic N) is 1. The molecule has 0 amide bonds. The van der Waals surface area contributed by atoms with E-state index in [4.69, 9.17) is 0 Å². The van der Waals surface area contributed by atoms with E-state index in [1.54, 1.807) is 0 Å². The van der Waals surface area contributed by atoms with Gasteiger partial charge in [0.1, 0.15) is 0 Å². The molecule has 3 heteroatoms. The summed E-state index contributed by atoms with van der Waals surface area (Å²) in [6.07, 6.45) is 4.81. The largest absolute Gasteiger partial charge is 0.312 e. The maximum atomic E-state index is 4.05. The number of aromatic nitrogens is 1. The highest BCUT2D eigenvalue weighted by molar-refractivity contribution is 7.99. The van der Waals surface area contributed by atoms with Crippen LogP contribution in [0.5, 0.6) is 0 Å². The molecule has 0 atom stereocenters. The monoisotopic (exact) mass is 300 g/mol. The Balaban J connectivity index is 1.78. The Morgan fingerprint density at radius 3 is 2.67 bits per heavy atom. The normalized spacial score (nSPS) is 11.0. The molecule has 2 aromatic rings. The summed E-state index contributed by atoms with van der Waals surface area (Å²) in [5.41, 5.74) is 2.72. The Labute approximate surface area is 132 Å². The van der Waals surface area contributed by atoms with Gasteiger partial charge in [0.05, 0.1) is 0 Å². The predicted octanol–water partition coefficient (Wildman–Crippen LogP) is 4.16. The van der Waals surface area contributed by atoms with Gasteiger partial charge in [0.25, 0.3) is 0 Å². The van der Waals surface area contributed by atoms with Crippen molar-refractivity contribution in [3.8, 4) is 0 Å². The highest BCUT2D eigenvalue weighted by Crippen LogP contribution is 2.20. The minimum atomic E-state index is 0.697. The van der Waals surface area contributed by atoms with Crippen molar-refractivity contribution in [1.29, 1.82) is 0 Å². The molecule has 112 valence electrons. The standard InChI is InChI=1S/C18H24N2S/c1-15(2)13-20-14-17-4-3-5-18(12-17)21-11-8-16-6-9-19-10-7-16/h3-7,9-10,12,15,20H,8,11,13-14H2,1-2H3. The number of benzene rings is 1. The molecule has 1 heterocycles. The van der Waals surface area contributed by atoms with Gasteiger partial charge in [-0.1, -0.05) is 26.0 Å². The fourth-order valence-electron chi connectivity index (χ4n) is 2.09. The van der Waals surface area contributed by atoms with Crippen LogP contribution in [0.1, 0.15) is 25.0 Å². The van der Waals surface area contributed by atoms with Crippen LogP contribution in [-0.2, 0) is 13.0 Å². The van der Waals surface area contributed by atoms with Crippen LogP contribution in [0.3, 0.4) is 0 Å². The van der Waals surface area contributed by atoms with Gasteiger partial charge in [-0.3, -0.25) is 4.98 Å². The molecule has 0 unspecified atom stereocenters. The second kappa shape index (κ2) is 8.85. The zero-order valence-electron chi connectivity index (χ0n) is 12.9. The fourth-order valence-corrected chi connectivity index (χ4v) is 3.07. The second-order valence-corrected chi connectivity index (χ2v) is 6.79. The molecule has 21 heavy (non-hydrogen) atoms. The maximum absolute atomic E-state index is 4.05. The summed E-state index contributed by atoms with van der Waals surface area (Å²) in [6.45, 7) is 6.49. The SMILES string of the molecule is CC(C)CNCc1cccc(SCCc2ccncc2)c1. The Bertz CT molecular complexity index is 526. The molecular formula is C18H24N2S. The molecule has 2 nitrogen and oxygen atoms in total. The second-order valence-electron chi connectivity index (χ2n) is 5.63. The quantitative estimate of drug-likeness (QED) is 0.741. The average Bonchev–Trinajstić information content (AvgIpc) is 2.48. The summed E-state index contributed by atoms with van der Waals surface area (Å²) >= 11 is 1.92. The predicted molar refractivity (Wildman–Crippen MR) is 91.7 cm³/mol. The van der Waals surface area contributed by atoms with Gasteiger partial charge in [0, 0.05) is 29.6 Å². The van der Waals surface area contributed by atoms with Gasteiger partial charge in [-0.05, 0) is 54.3 Å². The summed E-state index contributed by atoms with van der Waals surface area (Å²) in [5.74, 6) is 1.80. The van der Waals surface area contributed by atoms with Gasteiger partial charge in [0.15, 0.2) is 0 Å². The lowest BCUT2D eigenvalue weighted by Gasteiger charge is -2.09. The topological polar surface area (TPSA) is 24.9 Å². The molecule has 0 spiro atoms. The molecule has 0 saturated carbocycles. The lowest BCUT2D eigenvalue weighted by Crippen LogP contribution is -2.18. The van der Waals surface area contributed by atoms with Gasteiger partial charge < -0.3 is 5.32 Å². The van der Waals surface area contributed by atoms with Crippen LogP contribution in [0.25, 0.3) is 0 Å². The number of hydrogen-bond acceptors (Lipinski definition) is 3. The zero-order valence-corrected chi connectivity index (χ0v) is 13.7. The van der Waals surface area contributed by atoms with Crippen molar-refractivity contribution in [1.82, 2.24) is 10.3 Å². The summed E-state index contributed by atoms with van der Waals surface area (Å²) < 4.78 is 0. The number of rotatable bonds is 8. The molecule has 0 radical (unpaired) electrons. The Morgan fingerprint density at radius 1 is 1.10 bits per heavy atom. The van der Waals surface area contributed by atoms with Crippen LogP contribution in [0, 0.1) is 5.92 Å². The minimum Gasteiger partial charge on any atom is -0.312 e. The van der Waals surface area contributed by atoms with E-state index in [9.17, 15) is 0 Å². The molecule has 0 aliphatic carbocycles. The first kappa shape index (κ1) is 16.1. The lowest BCUT2D eigenvalue weighted by atomic mass is 10.2. The smallest absolute Gasteiger partial charge is 0.0270 e. The Kier molecular flexibility index (Phi) is 6.77. The van der Waals surface area contributed by atoms with Crippen LogP contribution in [0.15, 0.2) is 53.7 Å². The van der Waals surface area contributed by atoms with Crippen LogP contribution in [0.4, 0.5) is 0 Å². The van der Waals surface area contributed by atoms with Gasteiger partial charge in [-0.25, -0.2) is 0 Å². The number of nitrogens with one attached hydrogen (secondary N) is 1. The molecule has 2 rings (SSSR count). The van der Waals surface area contributed by atoms with E-state index in [1.165, 1.54) is 16.0 Å². The van der Waals surface area contributed by atoms with E-state index < -0.39 is 0 Å². The van der Waals surface area contributed by atoms with Crippen molar-refractivity contribution < 1.29 is 0 Å². The molecule has 0 aliphatic heterocycles. The molecule has 0 saturated heterocycles. The van der Waals surface area contributed by atoms with Crippen LogP contribution < -0.4 is 5.32 Å². The first-order valence-corrected chi connectivity index (χ1v) is 8.54. The third kappa shape index (κ3) is 6.32. The van der Waals surface area contributed by atoms with Crippen molar-refractivity contribution >= 4 is 11.8 Å². The van der Waals surface area contributed by atoms with Crippen LogP contribution >= 0.6 is 11.8 Å². The maximum Gasteiger partial charge on any atom is 0.0270 e. The van der Waals surface area contributed by atoms with Crippen molar-refractivity contribution in [3.63, 3.8) is 0 Å². The van der Waals surface area contributed by atoms with E-state index in [1.807, 2.05) is 24.2 Å². The third-order valence-corrected chi connectivity index (χ3v) is 4.18. The summed E-state index contributed by atoms with van der Waals surface area (Å²) in [6, 6.07) is 13.0. The van der Waals surface area contributed by atoms with Gasteiger partial charge in [-0.2, -0.15) is 0 Å². The number of hydrogen-bond donors (Lipinski definition) is 1. The highest BCUT2D eigenvalue weighted by atomic mass is 32.2. The summed E-state index contributed by atoms with van der Waals surface area (Å²) in [7, 11) is 0. The van der Waals surface area contributed by atoms with E-state index in [-0.39, 0.29) is 0 Å². The average molecular weight is 300 g/mol. The van der Waals surface area contributed by atoms with E-state index in [2.05, 4.69) is 60.5 Å². The zero-order chi connectivity index (χ0) is 14.9. The Morgan fingerprint density at radius 2 is 1.90 bits per heavy atom. The van der Waals surface area contributed by atoms with Crippen molar-refractivity contribution in [2.75, 3.05) is 12.3 Å². The minimum absolute atomic E-state index is 0.697. The summed E-state index contributed by atoms with van der Waals surface area (Å²) in [4.78, 5) is 5.40. The van der Waals surface area contributed by atoms with Crippen molar-refractivity contribution in [2.45, 2.75) is 31.7 Å². The first-order chi connectivity index (χ1) is 10.2. The summed E-state index contributed by atoms with van der Waals surface area (Å²) in [5, 5.41) is 3.49. The molecular weight excluding hydrogens is 276 g/mol. The van der Waals surface area contributed by atoms with Gasteiger partial charge in [0.2, 0.25) is 0 Å². The third-order valence-electron chi connectivity index (χ3n) is 3.19. The first-order valence-electron chi connectivity index (χ1n) is 7.55. The molecule has 0 aliphatic rings. The van der Waals surface area contributed by atoms with E-state index >= 15 is 0 Å². The fraction of sp³-hybridized carbons (Fsp3) is 0.389. The van der Waals surface area contributed by atoms with Gasteiger partial charge >= 0.3 is 0 Å². The number of aryl methyl sites for hydroxylation is 1. The lowest BCUT2D eigenvalue weighted by molar-refractivity contribution is 0.552. The Hall–Kier alpha value is -1.32. The number of thioether (sulfide) groups is 1. The molecule has 1 aromatic carbocycles.